The highest BCUT2D eigenvalue weighted by Crippen LogP contribution is 2.19. The van der Waals surface area contributed by atoms with E-state index in [-0.39, 0.29) is 70.6 Å². The molecule has 1 atom stereocenters. The van der Waals surface area contributed by atoms with Gasteiger partial charge >= 0.3 is 0 Å². The van der Waals surface area contributed by atoms with Crippen LogP contribution in [0.2, 0.25) is 0 Å². The number of carbonyl (C=O) groups excluding carboxylic acids is 1. The minimum atomic E-state index is -0.566. The van der Waals surface area contributed by atoms with Gasteiger partial charge in [0.2, 0.25) is 5.24 Å². The lowest BCUT2D eigenvalue weighted by Gasteiger charge is -2.13. The number of hydrogen-bond donors (Lipinski definition) is 0. The Labute approximate surface area is 117 Å². The molecule has 0 saturated heterocycles. The van der Waals surface area contributed by atoms with Gasteiger partial charge in [0.05, 0.1) is 5.41 Å². The van der Waals surface area contributed by atoms with Crippen LogP contribution in [-0.4, -0.2) is 11.1 Å². The molecule has 0 spiro atoms. The first kappa shape index (κ1) is 36.4. The maximum absolute atomic E-state index is 10.4. The van der Waals surface area contributed by atoms with E-state index in [4.69, 9.17) is 23.2 Å². The van der Waals surface area contributed by atoms with Crippen molar-refractivity contribution in [2.45, 2.75) is 13.8 Å². The fourth-order valence-electron chi connectivity index (χ4n) is 0.0525. The summed E-state index contributed by atoms with van der Waals surface area (Å²) >= 11 is 10.5. The summed E-state index contributed by atoms with van der Waals surface area (Å²) < 4.78 is 0. The molecular weight excluding hydrogens is 320 g/mol. The summed E-state index contributed by atoms with van der Waals surface area (Å²) in [6.07, 6.45) is 0. The molecule has 0 aliphatic rings. The minimum absolute atomic E-state index is 0. The van der Waals surface area contributed by atoms with Gasteiger partial charge in [0.15, 0.2) is 0 Å². The zero-order chi connectivity index (χ0) is 6.78. The molecule has 0 aromatic rings. The highest BCUT2D eigenvalue weighted by atomic mass is 35.5. The SMILES string of the molecule is CC(C)(CCl)C(=O)Cl.Cl.Cl.Cl.Cl.P. The van der Waals surface area contributed by atoms with E-state index in [0.29, 0.717) is 0 Å². The van der Waals surface area contributed by atoms with E-state index in [1.807, 2.05) is 0 Å². The highest BCUT2D eigenvalue weighted by molar-refractivity contribution is 6.92. The highest BCUT2D eigenvalue weighted by Gasteiger charge is 2.23. The first-order valence-corrected chi connectivity index (χ1v) is 3.18. The molecule has 13 heavy (non-hydrogen) atoms. The van der Waals surface area contributed by atoms with Crippen molar-refractivity contribution in [1.82, 2.24) is 0 Å². The fraction of sp³-hybridized carbons (Fsp3) is 0.800. The summed E-state index contributed by atoms with van der Waals surface area (Å²) in [7, 11) is 0. The van der Waals surface area contributed by atoms with Crippen molar-refractivity contribution in [2.75, 3.05) is 5.88 Å². The van der Waals surface area contributed by atoms with Crippen molar-refractivity contribution >= 4 is 88.0 Å². The maximum Gasteiger partial charge on any atom is 0.228 e. The van der Waals surface area contributed by atoms with Crippen LogP contribution in [-0.2, 0) is 4.79 Å². The van der Waals surface area contributed by atoms with Crippen LogP contribution >= 0.6 is 82.7 Å². The molecule has 8 heteroatoms. The van der Waals surface area contributed by atoms with Crippen molar-refractivity contribution in [3.63, 3.8) is 0 Å². The molecule has 0 aliphatic heterocycles. The standard InChI is InChI=1S/C5H8Cl2O.4ClH.H3P/c1-5(2,3-6)4(7)8;;;;;/h3H2,1-2H3;4*1H;1H3. The predicted octanol–water partition coefficient (Wildman–Crippen LogP) is 3.76. The van der Waals surface area contributed by atoms with Gasteiger partial charge < -0.3 is 0 Å². The Hall–Kier alpha value is 1.84. The van der Waals surface area contributed by atoms with Gasteiger partial charge in [-0.3, -0.25) is 4.79 Å². The number of hydrogen-bond acceptors (Lipinski definition) is 1. The zero-order valence-electron chi connectivity index (χ0n) is 7.21. The molecule has 0 aliphatic carbocycles. The van der Waals surface area contributed by atoms with Crippen LogP contribution in [0.4, 0.5) is 0 Å². The Morgan fingerprint density at radius 2 is 1.38 bits per heavy atom. The smallest absolute Gasteiger partial charge is 0.228 e. The molecule has 1 unspecified atom stereocenters. The normalized spacial score (nSPS) is 7.08. The van der Waals surface area contributed by atoms with E-state index in [1.165, 1.54) is 0 Å². The fourth-order valence-corrected chi connectivity index (χ4v) is 0.309. The van der Waals surface area contributed by atoms with Crippen LogP contribution in [0.3, 0.4) is 0 Å². The van der Waals surface area contributed by atoms with E-state index in [2.05, 4.69) is 0 Å². The number of rotatable bonds is 2. The van der Waals surface area contributed by atoms with E-state index in [1.54, 1.807) is 13.8 Å². The van der Waals surface area contributed by atoms with Crippen molar-refractivity contribution in [2.24, 2.45) is 5.41 Å². The largest absolute Gasteiger partial charge is 0.281 e. The van der Waals surface area contributed by atoms with Gasteiger partial charge in [-0.05, 0) is 11.6 Å². The maximum atomic E-state index is 10.4. The lowest BCUT2D eigenvalue weighted by atomic mass is 9.99. The van der Waals surface area contributed by atoms with Crippen molar-refractivity contribution in [3.8, 4) is 0 Å². The van der Waals surface area contributed by atoms with Crippen LogP contribution in [0.5, 0.6) is 0 Å². The van der Waals surface area contributed by atoms with Crippen LogP contribution in [0.15, 0.2) is 0 Å². The molecular formula is C5H15Cl6OP. The van der Waals surface area contributed by atoms with Gasteiger partial charge in [-0.15, -0.1) is 61.2 Å². The predicted molar refractivity (Wildman–Crippen MR) is 75.5 cm³/mol. The molecule has 0 radical (unpaired) electrons. The van der Waals surface area contributed by atoms with Gasteiger partial charge in [-0.1, -0.05) is 13.8 Å². The molecule has 0 heterocycles. The Kier molecular flexibility index (Phi) is 45.5. The molecule has 1 nitrogen and oxygen atoms in total. The third kappa shape index (κ3) is 16.5. The van der Waals surface area contributed by atoms with Gasteiger partial charge in [-0.2, -0.15) is 9.90 Å². The van der Waals surface area contributed by atoms with Gasteiger partial charge in [0, 0.05) is 5.88 Å². The first-order valence-electron chi connectivity index (χ1n) is 2.26. The molecule has 88 valence electrons. The second kappa shape index (κ2) is 16.3. The van der Waals surface area contributed by atoms with E-state index >= 15 is 0 Å². The Morgan fingerprint density at radius 3 is 1.38 bits per heavy atom. The van der Waals surface area contributed by atoms with Gasteiger partial charge in [-0.25, -0.2) is 0 Å². The molecule has 0 saturated carbocycles. The van der Waals surface area contributed by atoms with Crippen molar-refractivity contribution in [1.29, 1.82) is 0 Å². The molecule has 0 fully saturated rings. The lowest BCUT2D eigenvalue weighted by molar-refractivity contribution is -0.118. The van der Waals surface area contributed by atoms with Crippen LogP contribution in [0.25, 0.3) is 0 Å². The van der Waals surface area contributed by atoms with E-state index in [9.17, 15) is 4.79 Å². The van der Waals surface area contributed by atoms with Crippen LogP contribution in [0.1, 0.15) is 13.8 Å². The van der Waals surface area contributed by atoms with E-state index < -0.39 is 5.41 Å². The van der Waals surface area contributed by atoms with Crippen molar-refractivity contribution < 1.29 is 4.79 Å². The number of alkyl halides is 1. The second-order valence-corrected chi connectivity index (χ2v) is 2.90. The zero-order valence-corrected chi connectivity index (χ0v) is 13.4. The van der Waals surface area contributed by atoms with Gasteiger partial charge in [0.1, 0.15) is 0 Å². The average Bonchev–Trinajstić information content (AvgIpc) is 1.67. The molecule has 0 aromatic heterocycles. The lowest BCUT2D eigenvalue weighted by Crippen LogP contribution is -2.20. The van der Waals surface area contributed by atoms with E-state index in [0.717, 1.165) is 0 Å². The summed E-state index contributed by atoms with van der Waals surface area (Å²) in [5.74, 6) is 0.273. The van der Waals surface area contributed by atoms with Crippen LogP contribution < -0.4 is 0 Å². The summed E-state index contributed by atoms with van der Waals surface area (Å²) in [6, 6.07) is 0. The van der Waals surface area contributed by atoms with Gasteiger partial charge in [0.25, 0.3) is 0 Å². The Balaban J connectivity index is -0.0000000245. The topological polar surface area (TPSA) is 17.1 Å². The Morgan fingerprint density at radius 1 is 1.15 bits per heavy atom. The summed E-state index contributed by atoms with van der Waals surface area (Å²) in [4.78, 5) is 10.4. The summed E-state index contributed by atoms with van der Waals surface area (Å²) in [5.41, 5.74) is -0.566. The third-order valence-electron chi connectivity index (χ3n) is 0.866. The third-order valence-corrected chi connectivity index (χ3v) is 2.05. The van der Waals surface area contributed by atoms with Crippen molar-refractivity contribution in [3.05, 3.63) is 0 Å². The molecule has 0 bridgehead atoms. The molecule has 0 N–H and O–H groups in total. The molecule has 0 amide bonds. The summed E-state index contributed by atoms with van der Waals surface area (Å²) in [6.45, 7) is 3.41. The quantitative estimate of drug-likeness (QED) is 0.427. The average molecular weight is 335 g/mol. The number of halogens is 6. The number of carbonyl (C=O) groups is 1. The van der Waals surface area contributed by atoms with Crippen LogP contribution in [0, 0.1) is 5.41 Å². The second-order valence-electron chi connectivity index (χ2n) is 2.29. The Bertz CT molecular complexity index is 109. The first-order chi connectivity index (χ1) is 3.50. The monoisotopic (exact) mass is 332 g/mol. The minimum Gasteiger partial charge on any atom is -0.281 e. The molecule has 0 rings (SSSR count). The molecule has 0 aromatic carbocycles. The summed E-state index contributed by atoms with van der Waals surface area (Å²) in [5, 5.41) is -0.382.